The molecular weight excluding hydrogens is 354 g/mol. The lowest BCUT2D eigenvalue weighted by Crippen LogP contribution is -2.58. The first-order chi connectivity index (χ1) is 14.1. The smallest absolute Gasteiger partial charge is 0.0486 e. The highest BCUT2D eigenvalue weighted by Crippen LogP contribution is 2.55. The molecule has 0 spiro atoms. The molecule has 156 valence electrons. The molecule has 0 amide bonds. The van der Waals surface area contributed by atoms with Crippen molar-refractivity contribution in [3.8, 4) is 0 Å². The summed E-state index contributed by atoms with van der Waals surface area (Å²) in [6, 6.07) is 7.08. The second-order valence-electron chi connectivity index (χ2n) is 11.1. The molecule has 1 aromatic heterocycles. The Bertz CT molecular complexity index is 888. The van der Waals surface area contributed by atoms with Crippen molar-refractivity contribution in [2.45, 2.75) is 76.9 Å². The van der Waals surface area contributed by atoms with Crippen LogP contribution in [0.3, 0.4) is 0 Å². The summed E-state index contributed by atoms with van der Waals surface area (Å²) in [5.41, 5.74) is 6.55. The fourth-order valence-electron chi connectivity index (χ4n) is 7.87. The van der Waals surface area contributed by atoms with E-state index in [0.717, 1.165) is 30.8 Å². The Morgan fingerprint density at radius 2 is 1.79 bits per heavy atom. The Hall–Kier alpha value is -1.32. The van der Waals surface area contributed by atoms with E-state index in [1.165, 1.54) is 80.9 Å². The first-order valence-corrected chi connectivity index (χ1v) is 12.1. The molecular formula is C26H37N3. The second-order valence-corrected chi connectivity index (χ2v) is 11.1. The number of aromatic nitrogens is 1. The molecule has 4 fully saturated rings. The van der Waals surface area contributed by atoms with Crippen molar-refractivity contribution in [1.29, 1.82) is 0 Å². The summed E-state index contributed by atoms with van der Waals surface area (Å²) in [5, 5.41) is 5.61. The first-order valence-electron chi connectivity index (χ1n) is 12.1. The van der Waals surface area contributed by atoms with Crippen LogP contribution in [0, 0.1) is 24.7 Å². The minimum absolute atomic E-state index is 0.507. The number of benzene rings is 1. The molecule has 1 aliphatic heterocycles. The van der Waals surface area contributed by atoms with E-state index in [1.54, 1.807) is 11.3 Å². The lowest BCUT2D eigenvalue weighted by molar-refractivity contribution is -0.0196. The van der Waals surface area contributed by atoms with E-state index >= 15 is 0 Å². The predicted octanol–water partition coefficient (Wildman–Crippen LogP) is 4.89. The zero-order valence-electron chi connectivity index (χ0n) is 18.3. The van der Waals surface area contributed by atoms with Gasteiger partial charge in [0, 0.05) is 48.2 Å². The van der Waals surface area contributed by atoms with Gasteiger partial charge in [0.1, 0.15) is 0 Å². The minimum atomic E-state index is 0.507. The van der Waals surface area contributed by atoms with Crippen LogP contribution < -0.4 is 5.32 Å². The molecule has 7 rings (SSSR count). The van der Waals surface area contributed by atoms with Crippen LogP contribution in [-0.2, 0) is 19.5 Å². The van der Waals surface area contributed by atoms with Gasteiger partial charge in [-0.3, -0.25) is 0 Å². The molecule has 0 saturated heterocycles. The summed E-state index contributed by atoms with van der Waals surface area (Å²) in [7, 11) is 2.26. The maximum absolute atomic E-state index is 4.11. The number of rotatable bonds is 5. The summed E-state index contributed by atoms with van der Waals surface area (Å²) in [5.74, 6) is 3.11. The molecule has 1 aromatic carbocycles. The fraction of sp³-hybridized carbons (Fsp3) is 0.692. The van der Waals surface area contributed by atoms with Crippen molar-refractivity contribution in [3.63, 3.8) is 0 Å². The number of likely N-dealkylation sites (N-methyl/N-ethyl adjacent to an activating group) is 1. The third-order valence-corrected chi connectivity index (χ3v) is 8.70. The van der Waals surface area contributed by atoms with Gasteiger partial charge in [-0.25, -0.2) is 0 Å². The SMILES string of the molecule is Cc1ccc2c(c1)c1c(n2CCCNC23CC4CC(CC(C4)C2)C3)CCN(C)C1. The second kappa shape index (κ2) is 6.85. The molecule has 4 saturated carbocycles. The quantitative estimate of drug-likeness (QED) is 0.733. The molecule has 29 heavy (non-hydrogen) atoms. The van der Waals surface area contributed by atoms with E-state index in [9.17, 15) is 0 Å². The summed E-state index contributed by atoms with van der Waals surface area (Å²) in [6.07, 6.45) is 11.5. The zero-order valence-corrected chi connectivity index (χ0v) is 18.3. The number of fused-ring (bicyclic) bond motifs is 3. The van der Waals surface area contributed by atoms with Crippen LogP contribution in [0.4, 0.5) is 0 Å². The predicted molar refractivity (Wildman–Crippen MR) is 120 cm³/mol. The molecule has 5 aliphatic rings. The molecule has 0 atom stereocenters. The standard InChI is InChI=1S/C26H37N3/c1-18-4-5-24-22(10-18)23-17-28(2)9-6-25(23)29(24)8-3-7-27-26-14-19-11-20(15-26)13-21(12-19)16-26/h4-5,10,19-21,27H,3,6-9,11-17H2,1-2H3. The summed E-state index contributed by atoms with van der Waals surface area (Å²) < 4.78 is 2.67. The van der Waals surface area contributed by atoms with Gasteiger partial charge in [0.05, 0.1) is 0 Å². The van der Waals surface area contributed by atoms with Crippen LogP contribution in [-0.4, -0.2) is 35.1 Å². The summed E-state index contributed by atoms with van der Waals surface area (Å²) >= 11 is 0. The van der Waals surface area contributed by atoms with Gasteiger partial charge in [-0.05, 0) is 101 Å². The van der Waals surface area contributed by atoms with Crippen LogP contribution in [0.15, 0.2) is 18.2 Å². The summed E-state index contributed by atoms with van der Waals surface area (Å²) in [6.45, 7) is 6.87. The van der Waals surface area contributed by atoms with Crippen LogP contribution in [0.1, 0.15) is 61.8 Å². The third-order valence-electron chi connectivity index (χ3n) is 8.70. The van der Waals surface area contributed by atoms with Gasteiger partial charge >= 0.3 is 0 Å². The van der Waals surface area contributed by atoms with E-state index in [4.69, 9.17) is 0 Å². The van der Waals surface area contributed by atoms with Gasteiger partial charge in [0.2, 0.25) is 0 Å². The largest absolute Gasteiger partial charge is 0.344 e. The van der Waals surface area contributed by atoms with Crippen molar-refractivity contribution >= 4 is 10.9 Å². The van der Waals surface area contributed by atoms with E-state index in [1.807, 2.05) is 0 Å². The van der Waals surface area contributed by atoms with Crippen LogP contribution in [0.5, 0.6) is 0 Å². The van der Waals surface area contributed by atoms with Gasteiger partial charge in [-0.1, -0.05) is 11.6 Å². The molecule has 0 unspecified atom stereocenters. The maximum Gasteiger partial charge on any atom is 0.0486 e. The zero-order chi connectivity index (χ0) is 19.6. The topological polar surface area (TPSA) is 20.2 Å². The Morgan fingerprint density at radius 3 is 2.52 bits per heavy atom. The molecule has 0 radical (unpaired) electrons. The highest BCUT2D eigenvalue weighted by Gasteiger charge is 2.50. The fourth-order valence-corrected chi connectivity index (χ4v) is 7.87. The normalized spacial score (nSPS) is 33.5. The van der Waals surface area contributed by atoms with Crippen LogP contribution >= 0.6 is 0 Å². The minimum Gasteiger partial charge on any atom is -0.344 e. The maximum atomic E-state index is 4.11. The molecule has 3 nitrogen and oxygen atoms in total. The highest BCUT2D eigenvalue weighted by atomic mass is 15.1. The molecule has 4 aliphatic carbocycles. The van der Waals surface area contributed by atoms with Gasteiger partial charge in [-0.15, -0.1) is 0 Å². The lowest BCUT2D eigenvalue weighted by Gasteiger charge is -2.57. The van der Waals surface area contributed by atoms with Gasteiger partial charge in [0.15, 0.2) is 0 Å². The Balaban J connectivity index is 1.18. The van der Waals surface area contributed by atoms with E-state index in [0.29, 0.717) is 5.54 Å². The number of nitrogens with zero attached hydrogens (tertiary/aromatic N) is 2. The number of nitrogens with one attached hydrogen (secondary N) is 1. The van der Waals surface area contributed by atoms with E-state index in [2.05, 4.69) is 47.0 Å². The van der Waals surface area contributed by atoms with Crippen molar-refractivity contribution in [2.24, 2.45) is 17.8 Å². The Labute approximate surface area is 175 Å². The average Bonchev–Trinajstić information content (AvgIpc) is 2.96. The van der Waals surface area contributed by atoms with Crippen LogP contribution in [0.2, 0.25) is 0 Å². The van der Waals surface area contributed by atoms with Crippen molar-refractivity contribution in [2.75, 3.05) is 20.1 Å². The Morgan fingerprint density at radius 1 is 1.07 bits per heavy atom. The van der Waals surface area contributed by atoms with Crippen LogP contribution in [0.25, 0.3) is 10.9 Å². The molecule has 3 heteroatoms. The van der Waals surface area contributed by atoms with E-state index < -0.39 is 0 Å². The van der Waals surface area contributed by atoms with Gasteiger partial charge in [0.25, 0.3) is 0 Å². The van der Waals surface area contributed by atoms with Crippen molar-refractivity contribution < 1.29 is 0 Å². The number of aryl methyl sites for hydroxylation is 2. The molecule has 2 heterocycles. The Kier molecular flexibility index (Phi) is 4.36. The molecule has 1 N–H and O–H groups in total. The third kappa shape index (κ3) is 3.16. The average molecular weight is 392 g/mol. The summed E-state index contributed by atoms with van der Waals surface area (Å²) in [4.78, 5) is 2.48. The molecule has 2 aromatic rings. The van der Waals surface area contributed by atoms with Gasteiger partial charge < -0.3 is 14.8 Å². The number of hydrogen-bond donors (Lipinski definition) is 1. The van der Waals surface area contributed by atoms with Crippen molar-refractivity contribution in [1.82, 2.24) is 14.8 Å². The van der Waals surface area contributed by atoms with E-state index in [-0.39, 0.29) is 0 Å². The number of hydrogen-bond acceptors (Lipinski definition) is 2. The lowest BCUT2D eigenvalue weighted by atomic mass is 9.53. The highest BCUT2D eigenvalue weighted by molar-refractivity contribution is 5.86. The molecule has 4 bridgehead atoms. The van der Waals surface area contributed by atoms with Crippen molar-refractivity contribution in [3.05, 3.63) is 35.0 Å². The first kappa shape index (κ1) is 18.4. The van der Waals surface area contributed by atoms with Gasteiger partial charge in [-0.2, -0.15) is 0 Å². The monoisotopic (exact) mass is 391 g/mol.